The molecule has 0 spiro atoms. The molecule has 1 aromatic rings. The second kappa shape index (κ2) is 7.37. The van der Waals surface area contributed by atoms with Crippen LogP contribution in [0, 0.1) is 5.92 Å². The second-order valence-corrected chi connectivity index (χ2v) is 6.93. The Morgan fingerprint density at radius 2 is 1.73 bits per heavy atom. The van der Waals surface area contributed by atoms with Gasteiger partial charge in [-0.2, -0.15) is 0 Å². The summed E-state index contributed by atoms with van der Waals surface area (Å²) in [6.07, 6.45) is 0. The van der Waals surface area contributed by atoms with Crippen LogP contribution in [0.25, 0.3) is 0 Å². The molecule has 22 heavy (non-hydrogen) atoms. The van der Waals surface area contributed by atoms with E-state index in [0.717, 1.165) is 5.56 Å². The van der Waals surface area contributed by atoms with Gasteiger partial charge in [0.2, 0.25) is 15.9 Å². The van der Waals surface area contributed by atoms with E-state index in [2.05, 4.69) is 10.0 Å². The molecule has 0 saturated carbocycles. The van der Waals surface area contributed by atoms with Gasteiger partial charge in [-0.3, -0.25) is 4.79 Å². The molecule has 0 bridgehead atoms. The molecule has 0 fully saturated rings. The number of hydrogen-bond donors (Lipinski definition) is 2. The number of carboxylic acid groups (broad SMARTS) is 1. The zero-order valence-corrected chi connectivity index (χ0v) is 13.4. The number of amides is 1. The van der Waals surface area contributed by atoms with E-state index in [9.17, 15) is 23.1 Å². The first-order valence-electron chi connectivity index (χ1n) is 6.70. The van der Waals surface area contributed by atoms with E-state index in [0.29, 0.717) is 0 Å². The molecule has 0 unspecified atom stereocenters. The lowest BCUT2D eigenvalue weighted by atomic mass is 10.1. The van der Waals surface area contributed by atoms with Crippen LogP contribution >= 0.6 is 0 Å². The number of nitrogens with one attached hydrogen (secondary N) is 2. The van der Waals surface area contributed by atoms with Gasteiger partial charge in [0, 0.05) is 13.5 Å². The minimum absolute atomic E-state index is 0.0500. The Hall–Kier alpha value is -1.93. The van der Waals surface area contributed by atoms with Gasteiger partial charge in [0.15, 0.2) is 0 Å². The molecule has 8 heteroatoms. The Bertz CT molecular complexity index is 638. The zero-order chi connectivity index (χ0) is 16.9. The van der Waals surface area contributed by atoms with Gasteiger partial charge in [-0.15, -0.1) is 0 Å². The first-order valence-corrected chi connectivity index (χ1v) is 8.18. The van der Waals surface area contributed by atoms with Crippen LogP contribution < -0.4 is 15.1 Å². The van der Waals surface area contributed by atoms with E-state index in [1.165, 1.54) is 19.1 Å². The summed E-state index contributed by atoms with van der Waals surface area (Å²) in [6, 6.07) is 4.50. The van der Waals surface area contributed by atoms with Gasteiger partial charge in [-0.1, -0.05) is 26.0 Å². The van der Waals surface area contributed by atoms with Crippen molar-refractivity contribution in [2.75, 3.05) is 0 Å². The van der Waals surface area contributed by atoms with Gasteiger partial charge < -0.3 is 15.2 Å². The lowest BCUT2D eigenvalue weighted by Crippen LogP contribution is -2.50. The molecule has 0 aliphatic rings. The van der Waals surface area contributed by atoms with E-state index < -0.39 is 28.0 Å². The predicted octanol–water partition coefficient (Wildman–Crippen LogP) is -0.624. The number of carbonyl (C=O) groups is 2. The van der Waals surface area contributed by atoms with Gasteiger partial charge in [0.05, 0.1) is 16.9 Å². The molecule has 1 atom stereocenters. The summed E-state index contributed by atoms with van der Waals surface area (Å²) >= 11 is 0. The van der Waals surface area contributed by atoms with Gasteiger partial charge in [-0.25, -0.2) is 13.1 Å². The largest absolute Gasteiger partial charge is 0.548 e. The van der Waals surface area contributed by atoms with E-state index in [1.54, 1.807) is 26.0 Å². The van der Waals surface area contributed by atoms with E-state index in [-0.39, 0.29) is 17.3 Å². The van der Waals surface area contributed by atoms with Gasteiger partial charge >= 0.3 is 0 Å². The molecular weight excluding hydrogens is 308 g/mol. The maximum absolute atomic E-state index is 12.2. The minimum Gasteiger partial charge on any atom is -0.548 e. The third-order valence-electron chi connectivity index (χ3n) is 2.98. The summed E-state index contributed by atoms with van der Waals surface area (Å²) in [7, 11) is -3.96. The maximum atomic E-state index is 12.2. The van der Waals surface area contributed by atoms with Crippen LogP contribution in [0.1, 0.15) is 26.3 Å². The highest BCUT2D eigenvalue weighted by Crippen LogP contribution is 2.13. The Labute approximate surface area is 129 Å². The Morgan fingerprint density at radius 1 is 1.18 bits per heavy atom. The zero-order valence-electron chi connectivity index (χ0n) is 12.6. The van der Waals surface area contributed by atoms with Crippen LogP contribution in [0.15, 0.2) is 29.2 Å². The van der Waals surface area contributed by atoms with Crippen molar-refractivity contribution in [2.24, 2.45) is 5.92 Å². The SMILES string of the molecule is CC(=O)NCc1ccc(S(=O)(=O)N[C@@H](C(=O)[O-])C(C)C)cc1. The molecular formula is C14H19N2O5S-. The van der Waals surface area contributed by atoms with Crippen LogP contribution in [-0.4, -0.2) is 26.3 Å². The van der Waals surface area contributed by atoms with Crippen LogP contribution in [0.5, 0.6) is 0 Å². The Balaban J connectivity index is 2.89. The van der Waals surface area contributed by atoms with Crippen molar-refractivity contribution in [3.05, 3.63) is 29.8 Å². The summed E-state index contributed by atoms with van der Waals surface area (Å²) in [5, 5.41) is 13.6. The van der Waals surface area contributed by atoms with E-state index in [1.807, 2.05) is 0 Å². The second-order valence-electron chi connectivity index (χ2n) is 5.22. The molecule has 0 aromatic heterocycles. The number of hydrogen-bond acceptors (Lipinski definition) is 5. The third-order valence-corrected chi connectivity index (χ3v) is 4.43. The van der Waals surface area contributed by atoms with Crippen LogP contribution in [0.4, 0.5) is 0 Å². The molecule has 0 heterocycles. The number of benzene rings is 1. The number of rotatable bonds is 7. The summed E-state index contributed by atoms with van der Waals surface area (Å²) in [5.74, 6) is -2.10. The van der Waals surface area contributed by atoms with E-state index >= 15 is 0 Å². The first-order chi connectivity index (χ1) is 10.1. The number of carbonyl (C=O) groups excluding carboxylic acids is 2. The molecule has 2 N–H and O–H groups in total. The number of carboxylic acids is 1. The first kappa shape index (κ1) is 18.1. The number of sulfonamides is 1. The summed E-state index contributed by atoms with van der Waals surface area (Å²) in [4.78, 5) is 21.7. The minimum atomic E-state index is -3.96. The highest BCUT2D eigenvalue weighted by molar-refractivity contribution is 7.89. The lowest BCUT2D eigenvalue weighted by molar-refractivity contribution is -0.309. The van der Waals surface area contributed by atoms with Crippen LogP contribution in [0.3, 0.4) is 0 Å². The fraction of sp³-hybridized carbons (Fsp3) is 0.429. The van der Waals surface area contributed by atoms with Crippen molar-refractivity contribution in [2.45, 2.75) is 38.3 Å². The smallest absolute Gasteiger partial charge is 0.241 e. The summed E-state index contributed by atoms with van der Waals surface area (Å²) in [6.45, 7) is 4.84. The topological polar surface area (TPSA) is 115 Å². The monoisotopic (exact) mass is 327 g/mol. The average Bonchev–Trinajstić information content (AvgIpc) is 2.42. The Kier molecular flexibility index (Phi) is 6.07. The summed E-state index contributed by atoms with van der Waals surface area (Å²) < 4.78 is 26.4. The van der Waals surface area contributed by atoms with Gasteiger partial charge in [0.1, 0.15) is 0 Å². The predicted molar refractivity (Wildman–Crippen MR) is 77.9 cm³/mol. The van der Waals surface area contributed by atoms with Gasteiger partial charge in [-0.05, 0) is 23.6 Å². The quantitative estimate of drug-likeness (QED) is 0.692. The molecule has 7 nitrogen and oxygen atoms in total. The Morgan fingerprint density at radius 3 is 2.14 bits per heavy atom. The summed E-state index contributed by atoms with van der Waals surface area (Å²) in [5.41, 5.74) is 0.731. The highest BCUT2D eigenvalue weighted by Gasteiger charge is 2.23. The molecule has 1 amide bonds. The lowest BCUT2D eigenvalue weighted by Gasteiger charge is -2.23. The molecule has 0 aliphatic carbocycles. The normalized spacial score (nSPS) is 12.9. The fourth-order valence-corrected chi connectivity index (χ4v) is 3.04. The highest BCUT2D eigenvalue weighted by atomic mass is 32.2. The fourth-order valence-electron chi connectivity index (χ4n) is 1.70. The molecule has 122 valence electrons. The van der Waals surface area contributed by atoms with Crippen molar-refractivity contribution >= 4 is 21.9 Å². The third kappa shape index (κ3) is 5.12. The van der Waals surface area contributed by atoms with Crippen molar-refractivity contribution in [1.29, 1.82) is 0 Å². The van der Waals surface area contributed by atoms with Crippen molar-refractivity contribution in [3.63, 3.8) is 0 Å². The van der Waals surface area contributed by atoms with Crippen LogP contribution in [0.2, 0.25) is 0 Å². The van der Waals surface area contributed by atoms with Crippen LogP contribution in [-0.2, 0) is 26.2 Å². The van der Waals surface area contributed by atoms with E-state index in [4.69, 9.17) is 0 Å². The molecule has 0 radical (unpaired) electrons. The number of aliphatic carboxylic acids is 1. The van der Waals surface area contributed by atoms with Crippen molar-refractivity contribution in [1.82, 2.24) is 10.0 Å². The standard InChI is InChI=1S/C14H20N2O5S/c1-9(2)13(14(18)19)16-22(20,21)12-6-4-11(5-7-12)8-15-10(3)17/h4-7,9,13,16H,8H2,1-3H3,(H,15,17)(H,18,19)/p-1/t13-/m1/s1. The average molecular weight is 327 g/mol. The maximum Gasteiger partial charge on any atom is 0.241 e. The van der Waals surface area contributed by atoms with Crippen molar-refractivity contribution < 1.29 is 23.1 Å². The van der Waals surface area contributed by atoms with Gasteiger partial charge in [0.25, 0.3) is 0 Å². The molecule has 1 aromatic carbocycles. The van der Waals surface area contributed by atoms with Crippen molar-refractivity contribution in [3.8, 4) is 0 Å². The molecule has 0 saturated heterocycles. The molecule has 0 aliphatic heterocycles. The molecule has 1 rings (SSSR count).